The van der Waals surface area contributed by atoms with Crippen molar-refractivity contribution in [2.24, 2.45) is 11.7 Å². The first-order valence-corrected chi connectivity index (χ1v) is 17.3. The maximum absolute atomic E-state index is 12.0. The summed E-state index contributed by atoms with van der Waals surface area (Å²) in [5, 5.41) is 0. The van der Waals surface area contributed by atoms with Crippen molar-refractivity contribution in [2.45, 2.75) is 96.9 Å². The van der Waals surface area contributed by atoms with Gasteiger partial charge in [0, 0.05) is 11.7 Å². The largest absolute Gasteiger partial charge is 0.423 e. The second-order valence-electron chi connectivity index (χ2n) is 13.4. The number of anilines is 1. The molecule has 4 N–H and O–H groups in total. The maximum atomic E-state index is 12.0. The maximum Gasteiger partial charge on any atom is 0.343 e. The lowest BCUT2D eigenvalue weighted by molar-refractivity contribution is 0.0720. The zero-order valence-corrected chi connectivity index (χ0v) is 29.2. The molecule has 0 aliphatic rings. The van der Waals surface area contributed by atoms with E-state index in [1.54, 1.807) is 48.5 Å². The number of esters is 2. The second kappa shape index (κ2) is 20.1. The normalized spacial score (nSPS) is 11.7. The summed E-state index contributed by atoms with van der Waals surface area (Å²) in [4.78, 5) is 24.1. The molecule has 0 saturated carbocycles. The monoisotopic (exact) mass is 650 g/mol. The average molecular weight is 651 g/mol. The van der Waals surface area contributed by atoms with Crippen LogP contribution in [-0.2, 0) is 5.41 Å². The highest BCUT2D eigenvalue weighted by Crippen LogP contribution is 2.30. The van der Waals surface area contributed by atoms with Crippen molar-refractivity contribution in [1.29, 1.82) is 0 Å². The summed E-state index contributed by atoms with van der Waals surface area (Å²) < 4.78 is 10.5. The highest BCUT2D eigenvalue weighted by Gasteiger charge is 2.19. The average Bonchev–Trinajstić information content (AvgIpc) is 3.08. The summed E-state index contributed by atoms with van der Waals surface area (Å²) in [6.45, 7) is 9.13. The number of para-hydroxylation sites is 2. The van der Waals surface area contributed by atoms with Crippen LogP contribution in [0.5, 0.6) is 11.5 Å². The number of hydrogen-bond donors (Lipinski definition) is 2. The second-order valence-corrected chi connectivity index (χ2v) is 13.4. The third kappa shape index (κ3) is 13.7. The molecule has 0 aliphatic carbocycles. The Kier molecular flexibility index (Phi) is 15.9. The fourth-order valence-electron chi connectivity index (χ4n) is 5.29. The quantitative estimate of drug-likeness (QED) is 0.0541. The van der Waals surface area contributed by atoms with E-state index in [1.807, 2.05) is 24.3 Å². The SMILES string of the molecule is CC(C)C(N)CCCCCCCCCC(C)(C)c1ccc(N)cc1.O=C(Oc1ccccc1)c1ccc(C(=O)Oc2ccccc2)cc1. The number of carbonyl (C=O) groups excluding carboxylic acids is 2. The minimum absolute atomic E-state index is 0.251. The van der Waals surface area contributed by atoms with Crippen LogP contribution in [0, 0.1) is 5.92 Å². The van der Waals surface area contributed by atoms with Crippen molar-refractivity contribution in [3.8, 4) is 11.5 Å². The number of benzene rings is 4. The Bertz CT molecular complexity index is 1410. The summed E-state index contributed by atoms with van der Waals surface area (Å²) in [7, 11) is 0. The molecule has 4 aromatic carbocycles. The molecule has 0 amide bonds. The van der Waals surface area contributed by atoms with Crippen LogP contribution < -0.4 is 20.9 Å². The minimum atomic E-state index is -0.482. The van der Waals surface area contributed by atoms with E-state index in [1.165, 1.54) is 87.6 Å². The van der Waals surface area contributed by atoms with Gasteiger partial charge in [-0.15, -0.1) is 0 Å². The van der Waals surface area contributed by atoms with E-state index in [9.17, 15) is 9.59 Å². The first kappa shape index (κ1) is 38.0. The highest BCUT2D eigenvalue weighted by molar-refractivity contribution is 5.94. The molecule has 4 aromatic rings. The van der Waals surface area contributed by atoms with Crippen molar-refractivity contribution in [1.82, 2.24) is 0 Å². The van der Waals surface area contributed by atoms with E-state index in [2.05, 4.69) is 39.8 Å². The predicted octanol–water partition coefficient (Wildman–Crippen LogP) is 10.2. The Morgan fingerprint density at radius 2 is 1.02 bits per heavy atom. The Morgan fingerprint density at radius 1 is 0.604 bits per heavy atom. The van der Waals surface area contributed by atoms with Crippen molar-refractivity contribution in [3.05, 3.63) is 126 Å². The topological polar surface area (TPSA) is 105 Å². The number of hydrogen-bond acceptors (Lipinski definition) is 6. The van der Waals surface area contributed by atoms with E-state index >= 15 is 0 Å². The fourth-order valence-corrected chi connectivity index (χ4v) is 5.29. The molecule has 4 rings (SSSR count). The van der Waals surface area contributed by atoms with Gasteiger partial charge in [0.1, 0.15) is 11.5 Å². The molecule has 1 unspecified atom stereocenters. The molecular formula is C42H54N2O4. The molecule has 6 heteroatoms. The van der Waals surface area contributed by atoms with Gasteiger partial charge in [-0.1, -0.05) is 121 Å². The molecule has 0 aromatic heterocycles. The zero-order chi connectivity index (χ0) is 34.8. The van der Waals surface area contributed by atoms with Crippen LogP contribution in [0.25, 0.3) is 0 Å². The van der Waals surface area contributed by atoms with Crippen molar-refractivity contribution < 1.29 is 19.1 Å². The van der Waals surface area contributed by atoms with Gasteiger partial charge in [0.15, 0.2) is 0 Å². The van der Waals surface area contributed by atoms with E-state index in [0.717, 1.165) is 5.69 Å². The van der Waals surface area contributed by atoms with Crippen molar-refractivity contribution >= 4 is 17.6 Å². The van der Waals surface area contributed by atoms with Gasteiger partial charge in [-0.25, -0.2) is 9.59 Å². The van der Waals surface area contributed by atoms with Crippen molar-refractivity contribution in [3.63, 3.8) is 0 Å². The van der Waals surface area contributed by atoms with E-state index in [4.69, 9.17) is 20.9 Å². The van der Waals surface area contributed by atoms with Crippen LogP contribution >= 0.6 is 0 Å². The molecule has 256 valence electrons. The van der Waals surface area contributed by atoms with Gasteiger partial charge >= 0.3 is 11.9 Å². The van der Waals surface area contributed by atoms with E-state index < -0.39 is 11.9 Å². The molecule has 1 atom stereocenters. The number of nitrogens with two attached hydrogens (primary N) is 2. The summed E-state index contributed by atoms with van der Waals surface area (Å²) in [5.74, 6) is 0.591. The third-order valence-corrected chi connectivity index (χ3v) is 8.65. The van der Waals surface area contributed by atoms with Gasteiger partial charge in [-0.3, -0.25) is 0 Å². The lowest BCUT2D eigenvalue weighted by Gasteiger charge is -2.25. The minimum Gasteiger partial charge on any atom is -0.423 e. The molecule has 0 heterocycles. The number of unbranched alkanes of at least 4 members (excludes halogenated alkanes) is 6. The Labute approximate surface area is 287 Å². The molecule has 0 radical (unpaired) electrons. The molecular weight excluding hydrogens is 596 g/mol. The summed E-state index contributed by atoms with van der Waals surface area (Å²) >= 11 is 0. The Balaban J connectivity index is 0.000000260. The first-order valence-electron chi connectivity index (χ1n) is 17.3. The van der Waals surface area contributed by atoms with Crippen LogP contribution in [0.4, 0.5) is 5.69 Å². The number of carbonyl (C=O) groups is 2. The molecule has 48 heavy (non-hydrogen) atoms. The molecule has 0 aliphatic heterocycles. The molecule has 0 bridgehead atoms. The molecule has 0 saturated heterocycles. The Hall–Kier alpha value is -4.42. The summed E-state index contributed by atoms with van der Waals surface area (Å²) in [6.07, 6.45) is 11.9. The van der Waals surface area contributed by atoms with Gasteiger partial charge < -0.3 is 20.9 Å². The predicted molar refractivity (Wildman–Crippen MR) is 197 cm³/mol. The van der Waals surface area contributed by atoms with E-state index in [0.29, 0.717) is 34.6 Å². The number of nitrogen functional groups attached to an aromatic ring is 1. The molecule has 6 nitrogen and oxygen atoms in total. The summed E-state index contributed by atoms with van der Waals surface area (Å²) in [5.41, 5.74) is 15.1. The number of rotatable bonds is 16. The van der Waals surface area contributed by atoms with Gasteiger partial charge in [0.05, 0.1) is 11.1 Å². The van der Waals surface area contributed by atoms with Gasteiger partial charge in [0.25, 0.3) is 0 Å². The van der Waals surface area contributed by atoms with Crippen LogP contribution in [0.2, 0.25) is 0 Å². The molecule has 0 fully saturated rings. The summed E-state index contributed by atoms with van der Waals surface area (Å²) in [6, 6.07) is 32.5. The highest BCUT2D eigenvalue weighted by atomic mass is 16.5. The van der Waals surface area contributed by atoms with E-state index in [-0.39, 0.29) is 5.41 Å². The van der Waals surface area contributed by atoms with Gasteiger partial charge in [-0.2, -0.15) is 0 Å². The van der Waals surface area contributed by atoms with Gasteiger partial charge in [0.2, 0.25) is 0 Å². The first-order chi connectivity index (χ1) is 23.0. The van der Waals surface area contributed by atoms with Crippen molar-refractivity contribution in [2.75, 3.05) is 5.73 Å². The van der Waals surface area contributed by atoms with Gasteiger partial charge in [-0.05, 0) is 90.4 Å². The lowest BCUT2D eigenvalue weighted by atomic mass is 9.80. The smallest absolute Gasteiger partial charge is 0.343 e. The Morgan fingerprint density at radius 3 is 1.46 bits per heavy atom. The van der Waals surface area contributed by atoms with Crippen LogP contribution in [0.3, 0.4) is 0 Å². The van der Waals surface area contributed by atoms with Crippen LogP contribution in [-0.4, -0.2) is 18.0 Å². The lowest BCUT2D eigenvalue weighted by Crippen LogP contribution is -2.25. The fraction of sp³-hybridized carbons (Fsp3) is 0.381. The third-order valence-electron chi connectivity index (χ3n) is 8.65. The van der Waals surface area contributed by atoms with Crippen LogP contribution in [0.1, 0.15) is 112 Å². The van der Waals surface area contributed by atoms with Crippen LogP contribution in [0.15, 0.2) is 109 Å². The zero-order valence-electron chi connectivity index (χ0n) is 29.2. The number of ether oxygens (including phenoxy) is 2. The molecule has 0 spiro atoms. The standard InChI is InChI=1S/C22H40N2.C20H14O4/c1-18(2)21(24)12-10-8-6-5-7-9-11-17-22(3,4)19-13-15-20(23)16-14-19;21-19(23-17-7-3-1-4-8-17)15-11-13-16(14-12-15)20(22)24-18-9-5-2-6-10-18/h13-16,18,21H,5-12,17,23-24H2,1-4H3;1-14H.